The Labute approximate surface area is 229 Å². The number of nitrogens with zero attached hydrogens (tertiary/aromatic N) is 5. The van der Waals surface area contributed by atoms with Gasteiger partial charge in [-0.3, -0.25) is 0 Å². The summed E-state index contributed by atoms with van der Waals surface area (Å²) < 4.78 is 108. The van der Waals surface area contributed by atoms with Gasteiger partial charge in [0.25, 0.3) is 0 Å². The molecule has 0 unspecified atom stereocenters. The van der Waals surface area contributed by atoms with Gasteiger partial charge in [0.1, 0.15) is 5.82 Å². The Kier molecular flexibility index (Phi) is 6.76. The van der Waals surface area contributed by atoms with Crippen molar-refractivity contribution < 1.29 is 34.8 Å². The van der Waals surface area contributed by atoms with E-state index in [-0.39, 0.29) is 33.4 Å². The second-order valence-corrected chi connectivity index (χ2v) is 11.0. The van der Waals surface area contributed by atoms with Gasteiger partial charge in [0, 0.05) is 18.0 Å². The zero-order chi connectivity index (χ0) is 29.7. The van der Waals surface area contributed by atoms with Crippen LogP contribution in [0.25, 0.3) is 33.8 Å². The molecule has 0 fully saturated rings. The predicted octanol–water partition coefficient (Wildman–Crippen LogP) is 6.34. The van der Waals surface area contributed by atoms with Crippen molar-refractivity contribution in [1.82, 2.24) is 24.5 Å². The average molecular weight is 591 g/mol. The highest BCUT2D eigenvalue weighted by molar-refractivity contribution is 7.90. The van der Waals surface area contributed by atoms with E-state index in [0.29, 0.717) is 11.1 Å². The lowest BCUT2D eigenvalue weighted by Crippen LogP contribution is -2.11. The summed E-state index contributed by atoms with van der Waals surface area (Å²) in [5.41, 5.74) is -1.68. The molecule has 0 saturated carbocycles. The minimum Gasteiger partial charge on any atom is -0.301 e. The monoisotopic (exact) mass is 590 g/mol. The molecule has 41 heavy (non-hydrogen) atoms. The second-order valence-electron chi connectivity index (χ2n) is 9.03. The Bertz CT molecular complexity index is 1870. The fourth-order valence-electron chi connectivity index (χ4n) is 4.30. The van der Waals surface area contributed by atoms with Gasteiger partial charge in [-0.15, -0.1) is 5.10 Å². The highest BCUT2D eigenvalue weighted by atomic mass is 32.2. The summed E-state index contributed by atoms with van der Waals surface area (Å²) in [6, 6.07) is 16.3. The fraction of sp³-hybridized carbons (Fsp3) is 0.148. The summed E-state index contributed by atoms with van der Waals surface area (Å²) in [7, 11) is -3.57. The summed E-state index contributed by atoms with van der Waals surface area (Å²) in [6.07, 6.45) is -6.60. The van der Waals surface area contributed by atoms with Gasteiger partial charge in [-0.2, -0.15) is 26.3 Å². The van der Waals surface area contributed by atoms with Crippen molar-refractivity contribution in [2.24, 2.45) is 0 Å². The van der Waals surface area contributed by atoms with Crippen LogP contribution in [0.5, 0.6) is 0 Å². The number of imidazole rings is 1. The van der Waals surface area contributed by atoms with Gasteiger partial charge in [0.05, 0.1) is 33.7 Å². The van der Waals surface area contributed by atoms with Crippen molar-refractivity contribution in [2.75, 3.05) is 6.26 Å². The maximum Gasteiger partial charge on any atom is 0.434 e. The Hall–Kier alpha value is -4.46. The van der Waals surface area contributed by atoms with E-state index in [1.165, 1.54) is 49.4 Å². The number of alkyl halides is 6. The standard InChI is InChI=1S/C27H18F6N5O2S/c1-16-35-25(27(31,32)33)15-37(16)22-11-10-18(17-6-5-7-19(12-17)41(2,39)40)13-23(22)38-24(14-34-36-38)20-8-3-4-9-21(20)26(28,29)30/h3-7,9-15H,1-2H3. The number of hydrogen-bond donors (Lipinski definition) is 0. The first-order valence-electron chi connectivity index (χ1n) is 11.7. The number of aryl methyl sites for hydroxylation is 1. The summed E-state index contributed by atoms with van der Waals surface area (Å²) in [6.45, 7) is 1.34. The molecule has 0 aliphatic heterocycles. The lowest BCUT2D eigenvalue weighted by atomic mass is 10.0. The van der Waals surface area contributed by atoms with Crippen molar-refractivity contribution in [1.29, 1.82) is 0 Å². The van der Waals surface area contributed by atoms with Crippen LogP contribution >= 0.6 is 0 Å². The van der Waals surface area contributed by atoms with Crippen LogP contribution in [0.3, 0.4) is 0 Å². The normalized spacial score (nSPS) is 12.6. The lowest BCUT2D eigenvalue weighted by molar-refractivity contribution is -0.141. The first-order valence-corrected chi connectivity index (χ1v) is 13.6. The van der Waals surface area contributed by atoms with Crippen molar-refractivity contribution in [2.45, 2.75) is 24.2 Å². The van der Waals surface area contributed by atoms with E-state index in [1.54, 1.807) is 12.1 Å². The molecule has 0 aliphatic carbocycles. The molecular formula is C27H18F6N5O2S. The molecule has 7 nitrogen and oxygen atoms in total. The van der Waals surface area contributed by atoms with Crippen molar-refractivity contribution >= 4 is 9.84 Å². The third-order valence-electron chi connectivity index (χ3n) is 6.20. The molecule has 211 valence electrons. The molecule has 0 amide bonds. The fourth-order valence-corrected chi connectivity index (χ4v) is 4.97. The van der Waals surface area contributed by atoms with Crippen LogP contribution in [0, 0.1) is 13.0 Å². The molecule has 0 bridgehead atoms. The quantitative estimate of drug-likeness (QED) is 0.223. The molecule has 1 radical (unpaired) electrons. The van der Waals surface area contributed by atoms with Gasteiger partial charge < -0.3 is 4.57 Å². The first-order chi connectivity index (χ1) is 19.1. The summed E-state index contributed by atoms with van der Waals surface area (Å²) in [5.74, 6) is -0.0469. The SMILES string of the molecule is Cc1nc(C(F)(F)F)cn1-c1ccc(-c2cccc(S(C)(=O)=O)c2)cc1-n1nncc1-c1[c]cccc1C(F)(F)F. The van der Waals surface area contributed by atoms with Crippen LogP contribution < -0.4 is 0 Å². The third-order valence-corrected chi connectivity index (χ3v) is 7.31. The highest BCUT2D eigenvalue weighted by Gasteiger charge is 2.36. The maximum atomic E-state index is 13.9. The topological polar surface area (TPSA) is 82.7 Å². The van der Waals surface area contributed by atoms with E-state index in [2.05, 4.69) is 21.4 Å². The van der Waals surface area contributed by atoms with Crippen LogP contribution in [0.4, 0.5) is 26.3 Å². The molecule has 3 aromatic carbocycles. The molecule has 5 aromatic rings. The number of aromatic nitrogens is 5. The van der Waals surface area contributed by atoms with Gasteiger partial charge in [0.15, 0.2) is 15.5 Å². The largest absolute Gasteiger partial charge is 0.434 e. The zero-order valence-corrected chi connectivity index (χ0v) is 22.0. The Morgan fingerprint density at radius 3 is 2.27 bits per heavy atom. The zero-order valence-electron chi connectivity index (χ0n) is 21.2. The van der Waals surface area contributed by atoms with E-state index in [1.807, 2.05) is 0 Å². The van der Waals surface area contributed by atoms with Gasteiger partial charge in [-0.05, 0) is 54.4 Å². The third kappa shape index (κ3) is 5.46. The summed E-state index contributed by atoms with van der Waals surface area (Å²) >= 11 is 0. The van der Waals surface area contributed by atoms with Crippen LogP contribution in [0.15, 0.2) is 78.0 Å². The lowest BCUT2D eigenvalue weighted by Gasteiger charge is -2.17. The average Bonchev–Trinajstić information content (AvgIpc) is 3.54. The summed E-state index contributed by atoms with van der Waals surface area (Å²) in [4.78, 5) is 3.62. The smallest absolute Gasteiger partial charge is 0.301 e. The molecule has 2 heterocycles. The predicted molar refractivity (Wildman–Crippen MR) is 136 cm³/mol. The number of halogens is 6. The van der Waals surface area contributed by atoms with E-state index >= 15 is 0 Å². The van der Waals surface area contributed by atoms with E-state index < -0.39 is 33.4 Å². The van der Waals surface area contributed by atoms with Crippen molar-refractivity contribution in [3.63, 3.8) is 0 Å². The number of hydrogen-bond acceptors (Lipinski definition) is 5. The molecular weight excluding hydrogens is 572 g/mol. The van der Waals surface area contributed by atoms with Crippen LogP contribution in [0.1, 0.15) is 17.1 Å². The molecule has 0 atom stereocenters. The molecule has 0 aliphatic rings. The second kappa shape index (κ2) is 9.87. The van der Waals surface area contributed by atoms with Gasteiger partial charge >= 0.3 is 12.4 Å². The Morgan fingerprint density at radius 1 is 0.878 bits per heavy atom. The van der Waals surface area contributed by atoms with E-state index in [0.717, 1.165) is 34.0 Å². The molecule has 2 aromatic heterocycles. The minimum atomic E-state index is -4.75. The Morgan fingerprint density at radius 2 is 1.61 bits per heavy atom. The van der Waals surface area contributed by atoms with Crippen molar-refractivity contribution in [3.05, 3.63) is 96.2 Å². The first kappa shape index (κ1) is 28.1. The molecule has 5 rings (SSSR count). The number of rotatable bonds is 5. The summed E-state index contributed by atoms with van der Waals surface area (Å²) in [5, 5.41) is 7.77. The minimum absolute atomic E-state index is 0.0241. The highest BCUT2D eigenvalue weighted by Crippen LogP contribution is 2.38. The Balaban J connectivity index is 1.78. The molecule has 14 heteroatoms. The molecule has 0 N–H and O–H groups in total. The molecule has 0 spiro atoms. The van der Waals surface area contributed by atoms with Crippen molar-refractivity contribution in [3.8, 4) is 33.8 Å². The maximum absolute atomic E-state index is 13.9. The van der Waals surface area contributed by atoms with E-state index in [4.69, 9.17) is 0 Å². The molecule has 0 saturated heterocycles. The van der Waals surface area contributed by atoms with Crippen LogP contribution in [-0.4, -0.2) is 39.2 Å². The van der Waals surface area contributed by atoms with Crippen LogP contribution in [-0.2, 0) is 22.2 Å². The van der Waals surface area contributed by atoms with Gasteiger partial charge in [-0.25, -0.2) is 18.1 Å². The number of sulfone groups is 1. The number of benzene rings is 3. The van der Waals surface area contributed by atoms with Gasteiger partial charge in [0.2, 0.25) is 0 Å². The van der Waals surface area contributed by atoms with Crippen LogP contribution in [0.2, 0.25) is 0 Å². The van der Waals surface area contributed by atoms with E-state index in [9.17, 15) is 34.8 Å². The van der Waals surface area contributed by atoms with Gasteiger partial charge in [-0.1, -0.05) is 35.5 Å².